The quantitative estimate of drug-likeness (QED) is 0.0952. The molecule has 0 spiro atoms. The fourth-order valence-electron chi connectivity index (χ4n) is 5.07. The first-order chi connectivity index (χ1) is 21.4. The zero-order valence-electron chi connectivity index (χ0n) is 30.6. The van der Waals surface area contributed by atoms with Gasteiger partial charge in [0.1, 0.15) is 0 Å². The molecule has 4 nitrogen and oxygen atoms in total. The van der Waals surface area contributed by atoms with Gasteiger partial charge in [0.2, 0.25) is 0 Å². The molecule has 0 aromatic carbocycles. The van der Waals surface area contributed by atoms with E-state index in [-0.39, 0.29) is 51.2 Å². The molecule has 0 aliphatic carbocycles. The first-order valence-corrected chi connectivity index (χ1v) is 17.4. The van der Waals surface area contributed by atoms with Gasteiger partial charge >= 0.3 is 44.4 Å². The van der Waals surface area contributed by atoms with E-state index in [0.717, 1.165) is 13.3 Å². The van der Waals surface area contributed by atoms with Crippen LogP contribution in [-0.4, -0.2) is 74.9 Å². The molecule has 0 radical (unpaired) electrons. The molecule has 0 bridgehead atoms. The molecule has 0 aromatic rings. The molecule has 2 aliphatic rings. The Labute approximate surface area is 321 Å². The Morgan fingerprint density at radius 2 is 0.708 bits per heavy atom. The minimum atomic E-state index is -6.00. The van der Waals surface area contributed by atoms with Crippen molar-refractivity contribution in [3.63, 3.8) is 0 Å². The minimum Gasteiger partial charge on any atom is -1.00 e. The van der Waals surface area contributed by atoms with Crippen molar-refractivity contribution in [3.05, 3.63) is 24.8 Å². The Morgan fingerprint density at radius 3 is 0.896 bits per heavy atom. The zero-order chi connectivity index (χ0) is 34.2. The maximum atomic E-state index is 9.75. The average molecular weight is 781 g/mol. The summed E-state index contributed by atoms with van der Waals surface area (Å²) < 4.78 is 68.0. The van der Waals surface area contributed by atoms with Crippen LogP contribution in [0.1, 0.15) is 142 Å². The molecule has 0 fully saturated rings. The molecule has 48 heavy (non-hydrogen) atoms. The van der Waals surface area contributed by atoms with Gasteiger partial charge in [0, 0.05) is 52.0 Å². The summed E-state index contributed by atoms with van der Waals surface area (Å²) in [6.07, 6.45) is 37.3. The van der Waals surface area contributed by atoms with Crippen LogP contribution < -0.4 is 51.2 Å². The van der Waals surface area contributed by atoms with Crippen molar-refractivity contribution in [1.29, 1.82) is 0 Å². The van der Waals surface area contributed by atoms with Gasteiger partial charge in [0.15, 0.2) is 0 Å². The third kappa shape index (κ3) is 52.5. The van der Waals surface area contributed by atoms with Gasteiger partial charge in [-0.2, -0.15) is 0 Å². The van der Waals surface area contributed by atoms with E-state index >= 15 is 0 Å². The van der Waals surface area contributed by atoms with E-state index in [1.807, 2.05) is 0 Å². The molecule has 2 aliphatic heterocycles. The van der Waals surface area contributed by atoms with Crippen LogP contribution in [-0.2, 0) is 0 Å². The molecule has 0 aromatic heterocycles. The molecule has 2 rings (SSSR count). The second kappa shape index (κ2) is 41.2. The fraction of sp³-hybridized carbons (Fsp3) is 0.875. The molecule has 0 saturated carbocycles. The Kier molecular flexibility index (Phi) is 48.9. The molecule has 0 amide bonds. The van der Waals surface area contributed by atoms with E-state index in [1.54, 1.807) is 0 Å². The molecule has 0 saturated heterocycles. The number of unbranched alkanes of at least 4 members (excludes halogenated alkanes) is 18. The average Bonchev–Trinajstić information content (AvgIpc) is 3.57. The monoisotopic (exact) mass is 780 g/mol. The number of nitrogens with zero attached hydrogens (tertiary/aromatic N) is 4. The molecule has 0 atom stereocenters. The minimum absolute atomic E-state index is 0. The van der Waals surface area contributed by atoms with Gasteiger partial charge in [-0.1, -0.05) is 129 Å². The van der Waals surface area contributed by atoms with E-state index in [1.165, 1.54) is 142 Å². The van der Waals surface area contributed by atoms with E-state index in [2.05, 4.69) is 72.3 Å². The van der Waals surface area contributed by atoms with Crippen LogP contribution in [0.15, 0.2) is 24.8 Å². The smallest absolute Gasteiger partial charge is 1.00 e. The van der Waals surface area contributed by atoms with Crippen LogP contribution in [0.5, 0.6) is 0 Å². The number of hydrogen-bond donors (Lipinski definition) is 0. The maximum Gasteiger partial charge on any atom is 1.00 e. The first-order valence-electron chi connectivity index (χ1n) is 17.4. The second-order valence-corrected chi connectivity index (χ2v) is 12.1. The molecular formula is C32H64B2BrF8N4Na-2. The molecule has 0 unspecified atom stereocenters. The summed E-state index contributed by atoms with van der Waals surface area (Å²) in [5.41, 5.74) is 0. The predicted octanol–water partition coefficient (Wildman–Crippen LogP) is 2.36. The first kappa shape index (κ1) is 57.1. The SMILES string of the molecule is CCCCCCCCCCCCN1C=CN(C)C1.CCCCCCCCCCCCN1C=CN(C)C1.FB(F)F.F[B-](F)(F)F.[Br-].[F-].[Na+]. The molecule has 2 heterocycles. The number of hydrogen-bond acceptors (Lipinski definition) is 4. The van der Waals surface area contributed by atoms with E-state index in [0.29, 0.717) is 0 Å². The summed E-state index contributed by atoms with van der Waals surface area (Å²) in [4.78, 5) is 9.28. The van der Waals surface area contributed by atoms with Crippen molar-refractivity contribution in [1.82, 2.24) is 19.6 Å². The van der Waals surface area contributed by atoms with Crippen molar-refractivity contribution >= 4 is 14.8 Å². The summed E-state index contributed by atoms with van der Waals surface area (Å²) in [5, 5.41) is 0. The van der Waals surface area contributed by atoms with Gasteiger partial charge in [-0.15, -0.1) is 0 Å². The Hall–Kier alpha value is -0.270. The summed E-state index contributed by atoms with van der Waals surface area (Å²) in [7, 11) is -5.40. The third-order valence-electron chi connectivity index (χ3n) is 7.47. The topological polar surface area (TPSA) is 13.0 Å². The Morgan fingerprint density at radius 1 is 0.500 bits per heavy atom. The molecule has 284 valence electrons. The number of halogens is 9. The standard InChI is InChI=1S/2C16H32N2.BF4.BF3.BrH.FH.Na/c2*1-3-4-5-6-7-8-9-10-11-12-13-18-15-14-17(2)16-18;2-1(3,4)5;2-1(3)4;;;/h2*14-15H,3-13,16H2,1-2H3;;;2*1H;/q;;-1;;;;+1/p-2. The van der Waals surface area contributed by atoms with Gasteiger partial charge < -0.3 is 58.5 Å². The third-order valence-corrected chi connectivity index (χ3v) is 7.47. The van der Waals surface area contributed by atoms with E-state index in [9.17, 15) is 30.2 Å². The van der Waals surface area contributed by atoms with Gasteiger partial charge in [-0.05, 0) is 12.8 Å². The van der Waals surface area contributed by atoms with E-state index < -0.39 is 14.8 Å². The van der Waals surface area contributed by atoms with Crippen molar-refractivity contribution in [2.75, 3.05) is 40.5 Å². The number of rotatable bonds is 22. The van der Waals surface area contributed by atoms with Crippen LogP contribution in [0.2, 0.25) is 0 Å². The zero-order valence-corrected chi connectivity index (χ0v) is 34.2. The van der Waals surface area contributed by atoms with Gasteiger partial charge in [0.05, 0.1) is 13.3 Å². The second-order valence-electron chi connectivity index (χ2n) is 12.1. The largest absolute Gasteiger partial charge is 1.00 e. The van der Waals surface area contributed by atoms with Gasteiger partial charge in [-0.3, -0.25) is 12.9 Å². The van der Waals surface area contributed by atoms with Crippen molar-refractivity contribution in [2.45, 2.75) is 142 Å². The van der Waals surface area contributed by atoms with Crippen molar-refractivity contribution in [3.8, 4) is 0 Å². The summed E-state index contributed by atoms with van der Waals surface area (Å²) in [6.45, 7) is 9.20. The van der Waals surface area contributed by atoms with E-state index in [4.69, 9.17) is 0 Å². The van der Waals surface area contributed by atoms with Crippen LogP contribution in [0.3, 0.4) is 0 Å². The Bertz CT molecular complexity index is 636. The predicted molar refractivity (Wildman–Crippen MR) is 180 cm³/mol. The Balaban J connectivity index is -0.000000195. The van der Waals surface area contributed by atoms with Gasteiger partial charge in [0.25, 0.3) is 0 Å². The molecular weight excluding hydrogens is 717 g/mol. The summed E-state index contributed by atoms with van der Waals surface area (Å²) >= 11 is 0. The van der Waals surface area contributed by atoms with Crippen LogP contribution >= 0.6 is 0 Å². The van der Waals surface area contributed by atoms with Crippen molar-refractivity contribution in [2.24, 2.45) is 0 Å². The maximum absolute atomic E-state index is 9.75. The van der Waals surface area contributed by atoms with Crippen LogP contribution in [0, 0.1) is 0 Å². The fourth-order valence-corrected chi connectivity index (χ4v) is 5.07. The normalized spacial score (nSPS) is 12.9. The van der Waals surface area contributed by atoms with Crippen LogP contribution in [0.25, 0.3) is 0 Å². The summed E-state index contributed by atoms with van der Waals surface area (Å²) in [5.74, 6) is 0. The van der Waals surface area contributed by atoms with Crippen LogP contribution in [0.4, 0.5) is 30.2 Å². The molecule has 0 N–H and O–H groups in total. The van der Waals surface area contributed by atoms with Crippen molar-refractivity contribution < 1.29 is 81.5 Å². The van der Waals surface area contributed by atoms with Gasteiger partial charge in [-0.25, -0.2) is 0 Å². The summed E-state index contributed by atoms with van der Waals surface area (Å²) in [6, 6.07) is 0. The molecule has 16 heteroatoms.